The fourth-order valence-corrected chi connectivity index (χ4v) is 5.97. The van der Waals surface area contributed by atoms with E-state index in [0.717, 1.165) is 54.6 Å². The first-order valence-corrected chi connectivity index (χ1v) is 13.3. The Kier molecular flexibility index (Phi) is 6.57. The van der Waals surface area contributed by atoms with Crippen LogP contribution in [-0.2, 0) is 25.7 Å². The van der Waals surface area contributed by atoms with Gasteiger partial charge in [-0.1, -0.05) is 30.3 Å². The second-order valence-corrected chi connectivity index (χ2v) is 10.3. The number of carbonyl (C=O) groups is 2. The van der Waals surface area contributed by atoms with Gasteiger partial charge in [-0.25, -0.2) is 10.2 Å². The van der Waals surface area contributed by atoms with Crippen molar-refractivity contribution in [3.63, 3.8) is 0 Å². The standard InChI is InChI=1S/C29H32N6O2/c36-28(26-18-21-8-5-7-20-6-1-2-9-25(20)27(21)32-31-26)33-34-29(37)30-23-12-10-19-11-13-24(17-22(19)16-23)35-14-3-4-15-35/h1-2,6,9-10,12,16,18,24H,3-5,7-8,11,13-15,17H2,(H,33,36)(H2,30,34,37). The third-order valence-electron chi connectivity index (χ3n) is 7.88. The van der Waals surface area contributed by atoms with E-state index in [2.05, 4.69) is 49.5 Å². The highest BCUT2D eigenvalue weighted by atomic mass is 16.2. The van der Waals surface area contributed by atoms with E-state index in [1.54, 1.807) is 6.07 Å². The number of likely N-dealkylation sites (tertiary alicyclic amines) is 1. The fourth-order valence-electron chi connectivity index (χ4n) is 5.97. The van der Waals surface area contributed by atoms with Crippen molar-refractivity contribution in [2.24, 2.45) is 0 Å². The molecule has 2 heterocycles. The smallest absolute Gasteiger partial charge is 0.307 e. The van der Waals surface area contributed by atoms with Crippen LogP contribution in [0.25, 0.3) is 11.3 Å². The summed E-state index contributed by atoms with van der Waals surface area (Å²) in [4.78, 5) is 27.8. The molecule has 1 aliphatic heterocycles. The van der Waals surface area contributed by atoms with Gasteiger partial charge in [0, 0.05) is 17.3 Å². The number of aromatic nitrogens is 2. The molecule has 0 radical (unpaired) electrons. The van der Waals surface area contributed by atoms with Crippen LogP contribution in [0.1, 0.15) is 58.4 Å². The number of anilines is 1. The van der Waals surface area contributed by atoms with Gasteiger partial charge in [0.1, 0.15) is 0 Å². The van der Waals surface area contributed by atoms with E-state index in [1.165, 1.54) is 49.0 Å². The molecule has 190 valence electrons. The number of fused-ring (bicyclic) bond motifs is 4. The topological polar surface area (TPSA) is 99.2 Å². The van der Waals surface area contributed by atoms with Crippen LogP contribution in [0.3, 0.4) is 0 Å². The fraction of sp³-hybridized carbons (Fsp3) is 0.379. The number of benzene rings is 2. The highest BCUT2D eigenvalue weighted by Crippen LogP contribution is 2.31. The predicted octanol–water partition coefficient (Wildman–Crippen LogP) is 4.05. The Bertz CT molecular complexity index is 1330. The third kappa shape index (κ3) is 5.06. The molecule has 0 bridgehead atoms. The Morgan fingerprint density at radius 1 is 0.811 bits per heavy atom. The second-order valence-electron chi connectivity index (χ2n) is 10.3. The summed E-state index contributed by atoms with van der Waals surface area (Å²) in [6, 6.07) is 16.1. The van der Waals surface area contributed by atoms with E-state index in [-0.39, 0.29) is 5.69 Å². The van der Waals surface area contributed by atoms with Crippen LogP contribution >= 0.6 is 0 Å². The Morgan fingerprint density at radius 3 is 2.54 bits per heavy atom. The van der Waals surface area contributed by atoms with Crippen LogP contribution in [0, 0.1) is 0 Å². The maximum atomic E-state index is 12.7. The van der Waals surface area contributed by atoms with E-state index >= 15 is 0 Å². The van der Waals surface area contributed by atoms with Crippen molar-refractivity contribution < 1.29 is 9.59 Å². The molecule has 0 saturated carbocycles. The SMILES string of the molecule is O=C(NNC(=O)c1cc2c(nn1)-c1ccccc1CCC2)Nc1ccc2c(c1)CC(N1CCCC1)CC2. The number of rotatable bonds is 3. The molecule has 0 spiro atoms. The van der Waals surface area contributed by atoms with Gasteiger partial charge in [-0.15, -0.1) is 10.2 Å². The number of hydrogen-bond acceptors (Lipinski definition) is 5. The predicted molar refractivity (Wildman–Crippen MR) is 142 cm³/mol. The van der Waals surface area contributed by atoms with Crippen molar-refractivity contribution in [1.82, 2.24) is 25.9 Å². The molecule has 3 aromatic rings. The van der Waals surface area contributed by atoms with Crippen LogP contribution in [0.2, 0.25) is 0 Å². The van der Waals surface area contributed by atoms with Gasteiger partial charge in [0.15, 0.2) is 5.69 Å². The van der Waals surface area contributed by atoms with Crippen molar-refractivity contribution >= 4 is 17.6 Å². The number of urea groups is 1. The number of amides is 3. The molecule has 3 N–H and O–H groups in total. The average Bonchev–Trinajstić information content (AvgIpc) is 3.40. The van der Waals surface area contributed by atoms with E-state index in [0.29, 0.717) is 6.04 Å². The minimum absolute atomic E-state index is 0.181. The minimum atomic E-state index is -0.503. The Labute approximate surface area is 216 Å². The summed E-state index contributed by atoms with van der Waals surface area (Å²) in [6.45, 7) is 2.39. The van der Waals surface area contributed by atoms with Crippen LogP contribution in [-0.4, -0.2) is 46.2 Å². The van der Waals surface area contributed by atoms with Crippen LogP contribution in [0.5, 0.6) is 0 Å². The van der Waals surface area contributed by atoms with Crippen molar-refractivity contribution in [2.45, 2.75) is 57.4 Å². The number of nitrogens with one attached hydrogen (secondary N) is 3. The highest BCUT2D eigenvalue weighted by molar-refractivity contribution is 5.96. The summed E-state index contributed by atoms with van der Waals surface area (Å²) in [7, 11) is 0. The lowest BCUT2D eigenvalue weighted by Crippen LogP contribution is -2.44. The monoisotopic (exact) mass is 496 g/mol. The molecule has 1 unspecified atom stereocenters. The first-order valence-electron chi connectivity index (χ1n) is 13.3. The van der Waals surface area contributed by atoms with E-state index in [1.807, 2.05) is 24.3 Å². The summed E-state index contributed by atoms with van der Waals surface area (Å²) in [5.41, 5.74) is 12.6. The summed E-state index contributed by atoms with van der Waals surface area (Å²) in [5.74, 6) is -0.498. The number of aryl methyl sites for hydroxylation is 3. The lowest BCUT2D eigenvalue weighted by molar-refractivity contribution is 0.0931. The summed E-state index contributed by atoms with van der Waals surface area (Å²) in [6.07, 6.45) is 8.66. The quantitative estimate of drug-likeness (QED) is 0.475. The summed E-state index contributed by atoms with van der Waals surface area (Å²) in [5, 5.41) is 11.4. The summed E-state index contributed by atoms with van der Waals surface area (Å²) >= 11 is 0. The van der Waals surface area contributed by atoms with Gasteiger partial charge in [-0.05, 0) is 105 Å². The Hall–Kier alpha value is -3.78. The van der Waals surface area contributed by atoms with Crippen LogP contribution < -0.4 is 16.2 Å². The number of hydrogen-bond donors (Lipinski definition) is 3. The molecule has 2 aliphatic carbocycles. The molecular formula is C29H32N6O2. The normalized spacial score (nSPS) is 18.6. The van der Waals surface area contributed by atoms with Gasteiger partial charge < -0.3 is 10.2 Å². The number of carbonyl (C=O) groups excluding carboxylic acids is 2. The Morgan fingerprint density at radius 2 is 1.65 bits per heavy atom. The third-order valence-corrected chi connectivity index (χ3v) is 7.88. The van der Waals surface area contributed by atoms with E-state index in [4.69, 9.17) is 0 Å². The molecule has 6 rings (SSSR count). The van der Waals surface area contributed by atoms with Gasteiger partial charge in [0.05, 0.1) is 5.69 Å². The largest absolute Gasteiger partial charge is 0.337 e. The lowest BCUT2D eigenvalue weighted by atomic mass is 9.87. The molecule has 3 aliphatic rings. The zero-order valence-corrected chi connectivity index (χ0v) is 20.9. The van der Waals surface area contributed by atoms with Crippen molar-refractivity contribution in [3.05, 3.63) is 76.5 Å². The van der Waals surface area contributed by atoms with Crippen molar-refractivity contribution in [2.75, 3.05) is 18.4 Å². The zero-order valence-electron chi connectivity index (χ0n) is 20.9. The highest BCUT2D eigenvalue weighted by Gasteiger charge is 2.26. The first-order chi connectivity index (χ1) is 18.1. The molecule has 8 nitrogen and oxygen atoms in total. The van der Waals surface area contributed by atoms with Crippen molar-refractivity contribution in [1.29, 1.82) is 0 Å². The molecule has 1 saturated heterocycles. The van der Waals surface area contributed by atoms with Gasteiger partial charge in [-0.3, -0.25) is 10.2 Å². The van der Waals surface area contributed by atoms with E-state index in [9.17, 15) is 9.59 Å². The van der Waals surface area contributed by atoms with Gasteiger partial charge in [0.25, 0.3) is 5.91 Å². The molecular weight excluding hydrogens is 464 g/mol. The number of hydrazine groups is 1. The average molecular weight is 497 g/mol. The molecule has 1 atom stereocenters. The number of nitrogens with zero attached hydrogens (tertiary/aromatic N) is 3. The minimum Gasteiger partial charge on any atom is -0.307 e. The molecule has 37 heavy (non-hydrogen) atoms. The molecule has 1 aromatic heterocycles. The van der Waals surface area contributed by atoms with Gasteiger partial charge in [-0.2, -0.15) is 0 Å². The van der Waals surface area contributed by atoms with E-state index < -0.39 is 11.9 Å². The second kappa shape index (κ2) is 10.3. The molecule has 8 heteroatoms. The molecule has 3 amide bonds. The Balaban J connectivity index is 1.07. The zero-order chi connectivity index (χ0) is 25.2. The van der Waals surface area contributed by atoms with Gasteiger partial charge >= 0.3 is 6.03 Å². The lowest BCUT2D eigenvalue weighted by Gasteiger charge is -2.32. The molecule has 1 fully saturated rings. The van der Waals surface area contributed by atoms with Gasteiger partial charge in [0.2, 0.25) is 0 Å². The van der Waals surface area contributed by atoms with Crippen molar-refractivity contribution in [3.8, 4) is 11.3 Å². The maximum Gasteiger partial charge on any atom is 0.337 e. The van der Waals surface area contributed by atoms with Crippen LogP contribution in [0.15, 0.2) is 48.5 Å². The molecule has 2 aromatic carbocycles. The maximum absolute atomic E-state index is 12.7. The first kappa shape index (κ1) is 23.6. The summed E-state index contributed by atoms with van der Waals surface area (Å²) < 4.78 is 0. The van der Waals surface area contributed by atoms with Crippen LogP contribution in [0.4, 0.5) is 10.5 Å².